The van der Waals surface area contributed by atoms with Gasteiger partial charge < -0.3 is 20.4 Å². The highest BCUT2D eigenvalue weighted by Crippen LogP contribution is 2.19. The fourth-order valence-electron chi connectivity index (χ4n) is 3.79. The maximum Gasteiger partial charge on any atom is 0.223 e. The molecule has 3 rings (SSSR count). The topological polar surface area (TPSA) is 60.0 Å². The molecule has 0 spiro atoms. The van der Waals surface area contributed by atoms with Crippen molar-refractivity contribution in [1.29, 1.82) is 0 Å². The highest BCUT2D eigenvalue weighted by atomic mass is 19.1. The van der Waals surface area contributed by atoms with Crippen LogP contribution < -0.4 is 15.5 Å². The lowest BCUT2D eigenvalue weighted by Crippen LogP contribution is -2.40. The molecule has 1 amide bonds. The Morgan fingerprint density at radius 3 is 2.61 bits per heavy atom. The number of rotatable bonds is 8. The minimum absolute atomic E-state index is 0.210. The van der Waals surface area contributed by atoms with E-state index in [9.17, 15) is 9.18 Å². The van der Waals surface area contributed by atoms with E-state index in [0.717, 1.165) is 25.1 Å². The van der Waals surface area contributed by atoms with Crippen LogP contribution >= 0.6 is 0 Å². The van der Waals surface area contributed by atoms with Gasteiger partial charge in [-0.2, -0.15) is 0 Å². The first kappa shape index (κ1) is 22.6. The first-order valence-electron chi connectivity index (χ1n) is 10.7. The number of amides is 1. The van der Waals surface area contributed by atoms with E-state index in [-0.39, 0.29) is 17.6 Å². The molecule has 6 nitrogen and oxygen atoms in total. The fourth-order valence-corrected chi connectivity index (χ4v) is 3.79. The quantitative estimate of drug-likeness (QED) is 0.504. The van der Waals surface area contributed by atoms with Gasteiger partial charge >= 0.3 is 0 Å². The first-order chi connectivity index (χ1) is 15.0. The van der Waals surface area contributed by atoms with Crippen LogP contribution in [0.4, 0.5) is 10.1 Å². The largest absolute Gasteiger partial charge is 0.375 e. The Labute approximate surface area is 184 Å². The van der Waals surface area contributed by atoms with Crippen LogP contribution in [-0.4, -0.2) is 57.5 Å². The van der Waals surface area contributed by atoms with Gasteiger partial charge in [0.05, 0.1) is 5.69 Å². The number of aliphatic imine (C=N–C) groups is 1. The smallest absolute Gasteiger partial charge is 0.223 e. The summed E-state index contributed by atoms with van der Waals surface area (Å²) in [6.45, 7) is 2.64. The van der Waals surface area contributed by atoms with E-state index in [1.165, 1.54) is 11.6 Å². The lowest BCUT2D eigenvalue weighted by Gasteiger charge is -2.18. The number of carbonyl (C=O) groups excluding carboxylic acids is 1. The SMILES string of the molecule is CN=C(NCc1ccc(N(C)C)c(F)c1)NCC1CC(=O)N(CCc2ccccc2)C1. The monoisotopic (exact) mass is 425 g/mol. The van der Waals surface area contributed by atoms with Gasteiger partial charge in [-0.25, -0.2) is 4.39 Å². The molecule has 1 unspecified atom stereocenters. The molecule has 1 atom stereocenters. The molecular formula is C24H32FN5O. The summed E-state index contributed by atoms with van der Waals surface area (Å²) in [7, 11) is 5.34. The van der Waals surface area contributed by atoms with Crippen LogP contribution in [0.2, 0.25) is 0 Å². The van der Waals surface area contributed by atoms with Gasteiger partial charge in [0.1, 0.15) is 5.82 Å². The molecule has 2 aromatic carbocycles. The molecule has 0 saturated carbocycles. The molecule has 1 aliphatic rings. The summed E-state index contributed by atoms with van der Waals surface area (Å²) in [5.41, 5.74) is 2.65. The molecule has 0 radical (unpaired) electrons. The van der Waals surface area contributed by atoms with Crippen molar-refractivity contribution in [2.24, 2.45) is 10.9 Å². The summed E-state index contributed by atoms with van der Waals surface area (Å²) >= 11 is 0. The number of anilines is 1. The summed E-state index contributed by atoms with van der Waals surface area (Å²) < 4.78 is 14.2. The predicted molar refractivity (Wildman–Crippen MR) is 124 cm³/mol. The maximum absolute atomic E-state index is 14.2. The zero-order valence-corrected chi connectivity index (χ0v) is 18.6. The first-order valence-corrected chi connectivity index (χ1v) is 10.7. The number of guanidine groups is 1. The van der Waals surface area contributed by atoms with E-state index >= 15 is 0 Å². The molecule has 166 valence electrons. The Morgan fingerprint density at radius 2 is 1.94 bits per heavy atom. The fraction of sp³-hybridized carbons (Fsp3) is 0.417. The number of benzene rings is 2. The van der Waals surface area contributed by atoms with Crippen molar-refractivity contribution in [1.82, 2.24) is 15.5 Å². The van der Waals surface area contributed by atoms with Gasteiger partial charge in [-0.05, 0) is 29.7 Å². The van der Waals surface area contributed by atoms with Gasteiger partial charge in [0, 0.05) is 59.7 Å². The molecule has 1 saturated heterocycles. The Morgan fingerprint density at radius 1 is 1.16 bits per heavy atom. The number of hydrogen-bond acceptors (Lipinski definition) is 3. The van der Waals surface area contributed by atoms with Crippen LogP contribution in [-0.2, 0) is 17.8 Å². The van der Waals surface area contributed by atoms with Crippen LogP contribution in [0.15, 0.2) is 53.5 Å². The third-order valence-electron chi connectivity index (χ3n) is 5.54. The second-order valence-electron chi connectivity index (χ2n) is 8.13. The van der Waals surface area contributed by atoms with Crippen molar-refractivity contribution in [2.45, 2.75) is 19.4 Å². The number of hydrogen-bond donors (Lipinski definition) is 2. The Bertz CT molecular complexity index is 900. The van der Waals surface area contributed by atoms with Gasteiger partial charge in [-0.1, -0.05) is 36.4 Å². The van der Waals surface area contributed by atoms with E-state index in [2.05, 4.69) is 27.8 Å². The normalized spacial score (nSPS) is 16.5. The molecule has 2 N–H and O–H groups in total. The summed E-state index contributed by atoms with van der Waals surface area (Å²) in [6, 6.07) is 15.5. The summed E-state index contributed by atoms with van der Waals surface area (Å²) in [6.07, 6.45) is 1.43. The molecule has 7 heteroatoms. The van der Waals surface area contributed by atoms with Crippen molar-refractivity contribution in [3.05, 3.63) is 65.5 Å². The lowest BCUT2D eigenvalue weighted by atomic mass is 10.1. The molecule has 31 heavy (non-hydrogen) atoms. The van der Waals surface area contributed by atoms with Gasteiger partial charge in [-0.3, -0.25) is 9.79 Å². The number of nitrogens with one attached hydrogen (secondary N) is 2. The minimum Gasteiger partial charge on any atom is -0.375 e. The van der Waals surface area contributed by atoms with Crippen molar-refractivity contribution in [3.63, 3.8) is 0 Å². The number of nitrogens with zero attached hydrogens (tertiary/aromatic N) is 3. The van der Waals surface area contributed by atoms with Gasteiger partial charge in [-0.15, -0.1) is 0 Å². The Balaban J connectivity index is 1.43. The number of likely N-dealkylation sites (tertiary alicyclic amines) is 1. The standard InChI is InChI=1S/C24H32FN5O/c1-26-24(27-15-19-9-10-22(29(2)3)21(25)13-19)28-16-20-14-23(31)30(17-20)12-11-18-7-5-4-6-8-18/h4-10,13,20H,11-12,14-17H2,1-3H3,(H2,26,27,28). The van der Waals surface area contributed by atoms with E-state index < -0.39 is 0 Å². The van der Waals surface area contributed by atoms with Crippen molar-refractivity contribution >= 4 is 17.6 Å². The second kappa shape index (κ2) is 10.8. The Kier molecular flexibility index (Phi) is 7.87. The average molecular weight is 426 g/mol. The number of carbonyl (C=O) groups is 1. The zero-order chi connectivity index (χ0) is 22.2. The second-order valence-corrected chi connectivity index (χ2v) is 8.13. The van der Waals surface area contributed by atoms with Crippen molar-refractivity contribution < 1.29 is 9.18 Å². The summed E-state index contributed by atoms with van der Waals surface area (Å²) in [5.74, 6) is 0.861. The van der Waals surface area contributed by atoms with Crippen molar-refractivity contribution in [3.8, 4) is 0 Å². The summed E-state index contributed by atoms with van der Waals surface area (Å²) in [4.78, 5) is 20.3. The van der Waals surface area contributed by atoms with Gasteiger partial charge in [0.25, 0.3) is 0 Å². The van der Waals surface area contributed by atoms with Crippen LogP contribution in [0, 0.1) is 11.7 Å². The van der Waals surface area contributed by atoms with Crippen LogP contribution in [0.1, 0.15) is 17.5 Å². The van der Waals surface area contributed by atoms with E-state index in [0.29, 0.717) is 31.2 Å². The van der Waals surface area contributed by atoms with E-state index in [4.69, 9.17) is 0 Å². The van der Waals surface area contributed by atoms with Gasteiger partial charge in [0.2, 0.25) is 5.91 Å². The molecule has 1 aliphatic heterocycles. The van der Waals surface area contributed by atoms with Crippen LogP contribution in [0.25, 0.3) is 0 Å². The average Bonchev–Trinajstić information content (AvgIpc) is 3.12. The van der Waals surface area contributed by atoms with Gasteiger partial charge in [0.15, 0.2) is 5.96 Å². The zero-order valence-electron chi connectivity index (χ0n) is 18.6. The lowest BCUT2D eigenvalue weighted by molar-refractivity contribution is -0.127. The van der Waals surface area contributed by atoms with E-state index in [1.54, 1.807) is 18.0 Å². The van der Waals surface area contributed by atoms with Crippen LogP contribution in [0.3, 0.4) is 0 Å². The summed E-state index contributed by atoms with van der Waals surface area (Å²) in [5, 5.41) is 6.51. The van der Waals surface area contributed by atoms with Crippen molar-refractivity contribution in [2.75, 3.05) is 45.7 Å². The minimum atomic E-state index is -0.243. The van der Waals surface area contributed by atoms with E-state index in [1.807, 2.05) is 43.3 Å². The van der Waals surface area contributed by atoms with Crippen LogP contribution in [0.5, 0.6) is 0 Å². The maximum atomic E-state index is 14.2. The number of halogens is 1. The molecule has 0 aliphatic carbocycles. The molecule has 1 heterocycles. The predicted octanol–water partition coefficient (Wildman–Crippen LogP) is 2.65. The molecule has 2 aromatic rings. The molecule has 0 bridgehead atoms. The molecular weight excluding hydrogens is 393 g/mol. The molecule has 1 fully saturated rings. The molecule has 0 aromatic heterocycles. The highest BCUT2D eigenvalue weighted by Gasteiger charge is 2.29. The third-order valence-corrected chi connectivity index (χ3v) is 5.54. The third kappa shape index (κ3) is 6.44. The Hall–Kier alpha value is -3.09. The highest BCUT2D eigenvalue weighted by molar-refractivity contribution is 5.80.